The number of nitrogens with two attached hydrogens (primary N) is 1. The molecule has 23 heteroatoms. The lowest BCUT2D eigenvalue weighted by atomic mass is 10.2. The van der Waals surface area contributed by atoms with E-state index in [0.717, 1.165) is 0 Å². The molecule has 2 unspecified atom stereocenters. The lowest BCUT2D eigenvalue weighted by Gasteiger charge is -2.27. The number of nitrogens with zero attached hydrogens (tertiary/aromatic N) is 10. The van der Waals surface area contributed by atoms with Gasteiger partial charge in [-0.3, -0.25) is 27.2 Å². The summed E-state index contributed by atoms with van der Waals surface area (Å²) in [6, 6.07) is 0. The third kappa shape index (κ3) is 5.10. The largest absolute Gasteiger partial charge is 0.386 e. The first-order valence-corrected chi connectivity index (χ1v) is 18.6. The molecule has 0 aliphatic carbocycles. The van der Waals surface area contributed by atoms with Crippen LogP contribution < -0.4 is 5.73 Å². The predicted octanol–water partition coefficient (Wildman–Crippen LogP) is 2.36. The van der Waals surface area contributed by atoms with Crippen molar-refractivity contribution in [2.45, 2.75) is 49.7 Å². The van der Waals surface area contributed by atoms with Crippen LogP contribution in [0.5, 0.6) is 0 Å². The molecule has 3 aliphatic rings. The van der Waals surface area contributed by atoms with Crippen LogP contribution in [0.1, 0.15) is 25.3 Å². The molecule has 5 aromatic heterocycles. The van der Waals surface area contributed by atoms with E-state index in [0.29, 0.717) is 28.0 Å². The Labute approximate surface area is 257 Å². The van der Waals surface area contributed by atoms with Crippen LogP contribution in [-0.4, -0.2) is 86.3 Å². The quantitative estimate of drug-likeness (QED) is 0.180. The van der Waals surface area contributed by atoms with Crippen molar-refractivity contribution < 1.29 is 36.7 Å². The molecule has 8 heterocycles. The fraction of sp³-hybridized carbons (Fsp3) is 0.476. The summed E-state index contributed by atoms with van der Waals surface area (Å²) in [5.41, 5.74) is 8.26. The minimum Gasteiger partial charge on any atom is -0.382 e. The van der Waals surface area contributed by atoms with E-state index >= 15 is 0 Å². The number of nitrogen functional groups attached to an aromatic ring is 1. The van der Waals surface area contributed by atoms with Crippen molar-refractivity contribution in [3.05, 3.63) is 31.6 Å². The molecule has 19 nitrogen and oxygen atoms in total. The van der Waals surface area contributed by atoms with Crippen LogP contribution in [0.3, 0.4) is 0 Å². The van der Waals surface area contributed by atoms with Crippen LogP contribution in [0, 0.1) is 0 Å². The summed E-state index contributed by atoms with van der Waals surface area (Å²) in [6.45, 7) is -8.49. The fourth-order valence-corrected chi connectivity index (χ4v) is 8.59. The van der Waals surface area contributed by atoms with Gasteiger partial charge in [-0.2, -0.15) is 5.10 Å². The van der Waals surface area contributed by atoms with E-state index < -0.39 is 50.5 Å². The first kappa shape index (κ1) is 28.7. The zero-order chi connectivity index (χ0) is 30.2. The van der Waals surface area contributed by atoms with Crippen molar-refractivity contribution >= 4 is 71.9 Å². The Kier molecular flexibility index (Phi) is 6.98. The Morgan fingerprint density at radius 1 is 0.705 bits per heavy atom. The maximum Gasteiger partial charge on any atom is 0.386 e. The van der Waals surface area contributed by atoms with Gasteiger partial charge in [0.1, 0.15) is 61.4 Å². The van der Waals surface area contributed by atoms with Gasteiger partial charge in [0.2, 0.25) is 0 Å². The van der Waals surface area contributed by atoms with Crippen molar-refractivity contribution in [1.82, 2.24) is 48.7 Å². The van der Waals surface area contributed by atoms with Gasteiger partial charge in [-0.15, -0.1) is 0 Å². The molecular weight excluding hydrogens is 660 g/mol. The predicted molar refractivity (Wildman–Crippen MR) is 156 cm³/mol. The topological polar surface area (TPSA) is 220 Å². The van der Waals surface area contributed by atoms with Crippen LogP contribution >= 0.6 is 38.1 Å². The Hall–Kier alpha value is -2.71. The third-order valence-corrected chi connectivity index (χ3v) is 10.8. The van der Waals surface area contributed by atoms with Crippen molar-refractivity contribution in [3.8, 4) is 0 Å². The van der Waals surface area contributed by atoms with Crippen molar-refractivity contribution in [2.75, 3.05) is 18.9 Å². The number of hydrogen-bond acceptors (Lipinski definition) is 16. The van der Waals surface area contributed by atoms with Gasteiger partial charge in [-0.25, -0.2) is 43.5 Å². The van der Waals surface area contributed by atoms with Crippen LogP contribution in [0.4, 0.5) is 5.82 Å². The van der Waals surface area contributed by atoms with Crippen LogP contribution in [0.15, 0.2) is 31.6 Å². The average Bonchev–Trinajstić information content (AvgIpc) is 3.79. The molecule has 8 atom stereocenters. The summed E-state index contributed by atoms with van der Waals surface area (Å²) in [4.78, 5) is 25.5. The van der Waals surface area contributed by atoms with Crippen molar-refractivity contribution in [1.29, 1.82) is 0 Å². The minimum absolute atomic E-state index is 0.180. The molecule has 3 aliphatic heterocycles. The number of thiol groups is 2. The first-order valence-electron chi connectivity index (χ1n) is 13.2. The Bertz CT molecular complexity index is 1990. The number of hydrogen-bond donors (Lipinski definition) is 3. The molecule has 8 rings (SSSR count). The van der Waals surface area contributed by atoms with Gasteiger partial charge in [0.15, 0.2) is 28.3 Å². The second-order valence-electron chi connectivity index (χ2n) is 10.2. The van der Waals surface area contributed by atoms with Gasteiger partial charge in [0.05, 0.1) is 25.9 Å². The number of anilines is 1. The summed E-state index contributed by atoms with van der Waals surface area (Å²) < 4.78 is 67.1. The smallest absolute Gasteiger partial charge is 0.382 e. The minimum atomic E-state index is -3.97. The molecule has 0 bridgehead atoms. The second-order valence-corrected chi connectivity index (χ2v) is 16.0. The first-order chi connectivity index (χ1) is 21.1. The highest BCUT2D eigenvalue weighted by atomic mass is 32.7. The Morgan fingerprint density at radius 3 is 1.91 bits per heavy atom. The summed E-state index contributed by atoms with van der Waals surface area (Å²) >= 11 is 8.43. The van der Waals surface area contributed by atoms with Gasteiger partial charge >= 0.3 is 13.6 Å². The van der Waals surface area contributed by atoms with Gasteiger partial charge in [-0.05, 0) is 0 Å². The maximum absolute atomic E-state index is 13.4. The van der Waals surface area contributed by atoms with Crippen molar-refractivity contribution in [2.24, 2.45) is 0 Å². The van der Waals surface area contributed by atoms with E-state index in [1.165, 1.54) is 29.8 Å². The highest BCUT2D eigenvalue weighted by molar-refractivity contribution is 8.44. The fourth-order valence-electron chi connectivity index (χ4n) is 5.55. The van der Waals surface area contributed by atoms with Crippen LogP contribution in [-0.2, 0) is 36.7 Å². The van der Waals surface area contributed by atoms with E-state index in [1.807, 2.05) is 0 Å². The second kappa shape index (κ2) is 10.7. The summed E-state index contributed by atoms with van der Waals surface area (Å²) in [5, 5.41) is 4.08. The summed E-state index contributed by atoms with van der Waals surface area (Å²) in [6.07, 6.45) is 2.89. The maximum atomic E-state index is 13.4. The molecule has 232 valence electrons. The van der Waals surface area contributed by atoms with Gasteiger partial charge < -0.3 is 15.2 Å². The van der Waals surface area contributed by atoms with Gasteiger partial charge in [0, 0.05) is 12.8 Å². The van der Waals surface area contributed by atoms with Crippen LogP contribution in [0.25, 0.3) is 28.0 Å². The standard InChI is InChI=1S/C21H23N11O8P2S2/c22-18-16-19(24-5-23-18)30(7-26-16)14-1-10-12(37-14)3-35-42(34,44)40-11-2-15(38-13(11)4-36-41(33,43)39-10)31-8-27-17-20(31)28-9-32-21(17)25-6-29-32/h5-15H,1-4H2,(H,33,43)(H,34,44)(H2,22,23,24)/t10-,11-,12+,13+,14+,15+,41?,42?/m0/s1. The Balaban J connectivity index is 1.04. The number of fused-ring (bicyclic) bond motifs is 6. The van der Waals surface area contributed by atoms with E-state index in [-0.39, 0.29) is 31.9 Å². The molecule has 3 saturated heterocycles. The molecule has 0 amide bonds. The molecule has 2 N–H and O–H groups in total. The van der Waals surface area contributed by atoms with Gasteiger partial charge in [0.25, 0.3) is 0 Å². The van der Waals surface area contributed by atoms with Crippen molar-refractivity contribution in [3.63, 3.8) is 0 Å². The van der Waals surface area contributed by atoms with E-state index in [2.05, 4.69) is 59.5 Å². The molecule has 5 aromatic rings. The highest BCUT2D eigenvalue weighted by Gasteiger charge is 2.47. The zero-order valence-corrected chi connectivity index (χ0v) is 25.9. The molecule has 44 heavy (non-hydrogen) atoms. The lowest BCUT2D eigenvalue weighted by molar-refractivity contribution is -0.0535. The Morgan fingerprint density at radius 2 is 1.27 bits per heavy atom. The number of ether oxygens (including phenoxy) is 2. The molecule has 3 fully saturated rings. The summed E-state index contributed by atoms with van der Waals surface area (Å²) in [7, 11) is 0. The zero-order valence-electron chi connectivity index (χ0n) is 22.3. The third-order valence-electron chi connectivity index (χ3n) is 7.55. The monoisotopic (exact) mass is 683 g/mol. The number of imidazole rings is 2. The highest BCUT2D eigenvalue weighted by Crippen LogP contribution is 2.60. The molecule has 0 spiro atoms. The SMILES string of the molecule is Nc1ncnc2c1ncn2[C@H]1C[C@@H]2OP(=O)(S)OC[C@H]3O[C@@H](n4cnc5c4ncn4ncnc54)C[C@@H]3OP(=O)(S)OC[C@H]2O1. The van der Waals surface area contributed by atoms with E-state index in [9.17, 15) is 9.13 Å². The summed E-state index contributed by atoms with van der Waals surface area (Å²) in [5.74, 6) is 0.208. The molecule has 0 saturated carbocycles. The van der Waals surface area contributed by atoms with Crippen LogP contribution in [0.2, 0.25) is 0 Å². The average molecular weight is 684 g/mol. The molecule has 0 aromatic carbocycles. The van der Waals surface area contributed by atoms with E-state index in [4.69, 9.17) is 33.3 Å². The molecule has 0 radical (unpaired) electrons. The lowest BCUT2D eigenvalue weighted by Crippen LogP contribution is -2.31. The number of aromatic nitrogens is 10. The molecular formula is C21H23N11O8P2S2. The van der Waals surface area contributed by atoms with Gasteiger partial charge in [-0.1, -0.05) is 24.5 Å². The normalized spacial score (nSPS) is 35.0. The van der Waals surface area contributed by atoms with E-state index in [1.54, 1.807) is 15.5 Å². The number of rotatable bonds is 2.